The minimum atomic E-state index is -0.547. The van der Waals surface area contributed by atoms with Gasteiger partial charge in [-0.25, -0.2) is 4.84 Å². The first-order valence-electron chi connectivity index (χ1n) is 13.1. The number of allylic oxidation sites excluding steroid dienone is 2. The Morgan fingerprint density at radius 1 is 1.05 bits per heavy atom. The molecule has 9 nitrogen and oxygen atoms in total. The summed E-state index contributed by atoms with van der Waals surface area (Å²) in [6, 6.07) is 10.1. The summed E-state index contributed by atoms with van der Waals surface area (Å²) in [5.74, 6) is 0.840. The minimum absolute atomic E-state index is 0.0294. The van der Waals surface area contributed by atoms with Crippen LogP contribution < -0.4 is 0 Å². The fraction of sp³-hybridized carbons (Fsp3) is 0.667. The van der Waals surface area contributed by atoms with Crippen LogP contribution in [0, 0.1) is 11.8 Å². The first kappa shape index (κ1) is 31.7. The highest BCUT2D eigenvalue weighted by Crippen LogP contribution is 2.38. The van der Waals surface area contributed by atoms with Gasteiger partial charge in [-0.2, -0.15) is 11.8 Å². The molecular weight excluding hydrogens is 498 g/mol. The molecule has 1 fully saturated rings. The number of esters is 1. The molecular formula is C27H43NO8S. The van der Waals surface area contributed by atoms with Crippen molar-refractivity contribution in [2.24, 2.45) is 11.8 Å². The van der Waals surface area contributed by atoms with Crippen LogP contribution in [0.15, 0.2) is 42.5 Å². The second-order valence-electron chi connectivity index (χ2n) is 9.47. The molecule has 0 heterocycles. The lowest BCUT2D eigenvalue weighted by Crippen LogP contribution is -2.23. The lowest BCUT2D eigenvalue weighted by atomic mass is 9.85. The molecule has 0 radical (unpaired) electrons. The third-order valence-electron chi connectivity index (χ3n) is 6.72. The van der Waals surface area contributed by atoms with E-state index in [9.17, 15) is 20.1 Å². The van der Waals surface area contributed by atoms with Gasteiger partial charge < -0.3 is 20.1 Å². The highest BCUT2D eigenvalue weighted by Gasteiger charge is 2.40. The molecule has 0 aromatic heterocycles. The maximum atomic E-state index is 11.8. The van der Waals surface area contributed by atoms with E-state index in [1.165, 1.54) is 17.3 Å². The van der Waals surface area contributed by atoms with Gasteiger partial charge in [0.25, 0.3) is 0 Å². The SMILES string of the molecule is O=C(CCC/C=C\C[C@@H]1[C@@H](CC[C@@H](O)CCc2ccccc2)[C@H](O)C[C@@H]1O)OCCSCCON(O)O. The second-order valence-corrected chi connectivity index (χ2v) is 10.7. The summed E-state index contributed by atoms with van der Waals surface area (Å²) in [6.07, 6.45) is 8.10. The van der Waals surface area contributed by atoms with Crippen molar-refractivity contribution in [1.82, 2.24) is 5.39 Å². The summed E-state index contributed by atoms with van der Waals surface area (Å²) in [6.45, 7) is 0.442. The molecule has 0 unspecified atom stereocenters. The topological polar surface area (TPSA) is 140 Å². The highest BCUT2D eigenvalue weighted by atomic mass is 32.2. The van der Waals surface area contributed by atoms with Gasteiger partial charge in [-0.15, -0.1) is 0 Å². The third kappa shape index (κ3) is 13.7. The lowest BCUT2D eigenvalue weighted by molar-refractivity contribution is -0.490. The fourth-order valence-electron chi connectivity index (χ4n) is 4.72. The maximum Gasteiger partial charge on any atom is 0.305 e. The van der Waals surface area contributed by atoms with Crippen molar-refractivity contribution in [1.29, 1.82) is 0 Å². The van der Waals surface area contributed by atoms with Crippen LogP contribution in [0.1, 0.15) is 56.9 Å². The number of rotatable bonds is 19. The molecule has 1 aliphatic rings. The van der Waals surface area contributed by atoms with Gasteiger partial charge in [0.15, 0.2) is 0 Å². The van der Waals surface area contributed by atoms with Crippen molar-refractivity contribution in [2.45, 2.75) is 76.1 Å². The smallest absolute Gasteiger partial charge is 0.305 e. The van der Waals surface area contributed by atoms with Crippen molar-refractivity contribution in [3.63, 3.8) is 0 Å². The summed E-state index contributed by atoms with van der Waals surface area (Å²) in [5, 5.41) is 47.8. The number of aliphatic hydroxyl groups excluding tert-OH is 3. The molecule has 2 rings (SSSR count). The number of carbonyl (C=O) groups excluding carboxylic acids is 1. The molecule has 0 spiro atoms. The molecule has 5 N–H and O–H groups in total. The second kappa shape index (κ2) is 18.7. The first-order chi connectivity index (χ1) is 17.9. The van der Waals surface area contributed by atoms with Crippen LogP contribution in [0.3, 0.4) is 0 Å². The standard InChI is InChI=1S/C27H43NO8S/c29-22(13-12-21-8-4-3-5-9-21)14-15-24-23(25(30)20-26(24)31)10-6-1-2-7-11-27(32)35-16-18-37-19-17-36-28(33)34/h1,3-6,8-9,22-26,29-31,33-34H,2,7,10-20H2/b6-1-/t22-,23+,24+,25-,26+/m0/s1. The molecule has 0 saturated heterocycles. The van der Waals surface area contributed by atoms with E-state index < -0.39 is 18.3 Å². The predicted octanol–water partition coefficient (Wildman–Crippen LogP) is 3.52. The van der Waals surface area contributed by atoms with Crippen LogP contribution in [-0.4, -0.2) is 80.1 Å². The van der Waals surface area contributed by atoms with Gasteiger partial charge in [0, 0.05) is 17.9 Å². The Balaban J connectivity index is 1.57. The van der Waals surface area contributed by atoms with E-state index in [4.69, 9.17) is 15.2 Å². The number of carbonyl (C=O) groups is 1. The third-order valence-corrected chi connectivity index (χ3v) is 7.63. The molecule has 1 aromatic rings. The van der Waals surface area contributed by atoms with Gasteiger partial charge in [0.1, 0.15) is 6.61 Å². The maximum absolute atomic E-state index is 11.8. The van der Waals surface area contributed by atoms with E-state index in [1.54, 1.807) is 0 Å². The van der Waals surface area contributed by atoms with Crippen LogP contribution >= 0.6 is 11.8 Å². The monoisotopic (exact) mass is 541 g/mol. The molecule has 210 valence electrons. The number of unbranched alkanes of at least 4 members (excludes halogenated alkanes) is 1. The number of benzene rings is 1. The van der Waals surface area contributed by atoms with Crippen molar-refractivity contribution >= 4 is 17.7 Å². The fourth-order valence-corrected chi connectivity index (χ4v) is 5.31. The van der Waals surface area contributed by atoms with E-state index >= 15 is 0 Å². The Kier molecular flexibility index (Phi) is 16.0. The average Bonchev–Trinajstić information content (AvgIpc) is 3.15. The Labute approximate surface area is 224 Å². The zero-order valence-electron chi connectivity index (χ0n) is 21.4. The number of hydrogen-bond acceptors (Lipinski definition) is 10. The van der Waals surface area contributed by atoms with Gasteiger partial charge in [-0.3, -0.25) is 15.2 Å². The zero-order chi connectivity index (χ0) is 26.9. The molecule has 37 heavy (non-hydrogen) atoms. The van der Waals surface area contributed by atoms with Crippen LogP contribution in [0.2, 0.25) is 0 Å². The van der Waals surface area contributed by atoms with E-state index in [0.717, 1.165) is 12.8 Å². The van der Waals surface area contributed by atoms with E-state index in [2.05, 4.69) is 17.0 Å². The number of aryl methyl sites for hydroxylation is 1. The first-order valence-corrected chi connectivity index (χ1v) is 14.3. The molecule has 1 aromatic carbocycles. The van der Waals surface area contributed by atoms with Crippen molar-refractivity contribution < 1.29 is 40.1 Å². The number of aliphatic hydroxyl groups is 3. The largest absolute Gasteiger partial charge is 0.465 e. The Morgan fingerprint density at radius 2 is 1.78 bits per heavy atom. The lowest BCUT2D eigenvalue weighted by Gasteiger charge is -2.23. The molecule has 5 atom stereocenters. The van der Waals surface area contributed by atoms with E-state index in [1.807, 2.05) is 30.4 Å². The Bertz CT molecular complexity index is 766. The van der Waals surface area contributed by atoms with E-state index in [0.29, 0.717) is 63.1 Å². The molecule has 0 aliphatic heterocycles. The Morgan fingerprint density at radius 3 is 2.54 bits per heavy atom. The van der Waals surface area contributed by atoms with Crippen LogP contribution in [-0.2, 0) is 20.8 Å². The van der Waals surface area contributed by atoms with E-state index in [-0.39, 0.29) is 29.8 Å². The number of thioether (sulfide) groups is 1. The molecule has 0 bridgehead atoms. The van der Waals surface area contributed by atoms with Crippen molar-refractivity contribution in [3.8, 4) is 0 Å². The van der Waals surface area contributed by atoms with Gasteiger partial charge in [0.05, 0.1) is 30.3 Å². The van der Waals surface area contributed by atoms with Crippen molar-refractivity contribution in [3.05, 3.63) is 48.0 Å². The van der Waals surface area contributed by atoms with Crippen LogP contribution in [0.5, 0.6) is 0 Å². The number of hydrogen-bond donors (Lipinski definition) is 5. The quantitative estimate of drug-likeness (QED) is 0.0765. The summed E-state index contributed by atoms with van der Waals surface area (Å²) < 4.78 is 5.17. The average molecular weight is 542 g/mol. The summed E-state index contributed by atoms with van der Waals surface area (Å²) in [5.41, 5.74) is 1.20. The molecule has 10 heteroatoms. The van der Waals surface area contributed by atoms with Crippen LogP contribution in [0.25, 0.3) is 0 Å². The molecule has 0 amide bonds. The van der Waals surface area contributed by atoms with Gasteiger partial charge in [-0.1, -0.05) is 42.5 Å². The summed E-state index contributed by atoms with van der Waals surface area (Å²) in [4.78, 5) is 16.2. The Hall–Kier alpha value is -1.50. The zero-order valence-corrected chi connectivity index (χ0v) is 22.3. The minimum Gasteiger partial charge on any atom is -0.465 e. The molecule has 1 aliphatic carbocycles. The van der Waals surface area contributed by atoms with Gasteiger partial charge >= 0.3 is 5.97 Å². The highest BCUT2D eigenvalue weighted by molar-refractivity contribution is 7.99. The van der Waals surface area contributed by atoms with Crippen molar-refractivity contribution in [2.75, 3.05) is 24.7 Å². The van der Waals surface area contributed by atoms with Gasteiger partial charge in [-0.05, 0) is 68.8 Å². The summed E-state index contributed by atoms with van der Waals surface area (Å²) >= 11 is 1.48. The molecule has 1 saturated carbocycles. The van der Waals surface area contributed by atoms with Crippen LogP contribution in [0.4, 0.5) is 0 Å². The number of ether oxygens (including phenoxy) is 1. The number of nitrogens with zero attached hydrogens (tertiary/aromatic N) is 1. The predicted molar refractivity (Wildman–Crippen MR) is 141 cm³/mol. The summed E-state index contributed by atoms with van der Waals surface area (Å²) in [7, 11) is 0. The van der Waals surface area contributed by atoms with Gasteiger partial charge in [0.2, 0.25) is 0 Å². The normalized spacial score (nSPS) is 22.6.